The zero-order valence-corrected chi connectivity index (χ0v) is 31.4. The standard InChI is InChI=1S/C54H42N2/c1-3-15-47(16-4-1)55(50-29-25-37-11-7-9-13-40(37)33-50)49-27-23-39(24-28-49)46-31-42-19-21-44-35-52(36-45-22-20-43(32-46)53(42)54(44)45)56(48-17-5-2-6-18-48)51-30-26-38-12-8-10-14-41(38)34-51/h1-18,23-35,52H,19-22,36H2. The van der Waals surface area contributed by atoms with Crippen LogP contribution in [0.5, 0.6) is 0 Å². The summed E-state index contributed by atoms with van der Waals surface area (Å²) in [4.78, 5) is 4.95. The first-order valence-electron chi connectivity index (χ1n) is 20.1. The van der Waals surface area contributed by atoms with Gasteiger partial charge in [0.15, 0.2) is 0 Å². The van der Waals surface area contributed by atoms with Gasteiger partial charge in [-0.15, -0.1) is 0 Å². The van der Waals surface area contributed by atoms with Gasteiger partial charge in [0.1, 0.15) is 0 Å². The molecule has 8 aromatic rings. The van der Waals surface area contributed by atoms with Gasteiger partial charge in [-0.3, -0.25) is 0 Å². The van der Waals surface area contributed by atoms with E-state index < -0.39 is 0 Å². The molecule has 0 bridgehead atoms. The van der Waals surface area contributed by atoms with Crippen molar-refractivity contribution in [2.45, 2.75) is 38.1 Å². The maximum atomic E-state index is 2.61. The summed E-state index contributed by atoms with van der Waals surface area (Å²) in [6, 6.07) is 67.2. The number of benzene rings is 8. The van der Waals surface area contributed by atoms with Gasteiger partial charge in [0.25, 0.3) is 0 Å². The van der Waals surface area contributed by atoms with Crippen LogP contribution in [0.25, 0.3) is 38.2 Å². The summed E-state index contributed by atoms with van der Waals surface area (Å²) in [6.45, 7) is 0. The maximum absolute atomic E-state index is 2.61. The van der Waals surface area contributed by atoms with E-state index in [9.17, 15) is 0 Å². The van der Waals surface area contributed by atoms with Crippen LogP contribution >= 0.6 is 0 Å². The molecule has 0 spiro atoms. The quantitative estimate of drug-likeness (QED) is 0.162. The molecule has 0 aromatic heterocycles. The van der Waals surface area contributed by atoms with Crippen LogP contribution in [0.3, 0.4) is 0 Å². The lowest BCUT2D eigenvalue weighted by atomic mass is 9.69. The molecule has 0 saturated heterocycles. The highest BCUT2D eigenvalue weighted by Crippen LogP contribution is 2.50. The van der Waals surface area contributed by atoms with E-state index >= 15 is 0 Å². The van der Waals surface area contributed by atoms with E-state index in [1.807, 2.05) is 0 Å². The second-order valence-corrected chi connectivity index (χ2v) is 15.6. The lowest BCUT2D eigenvalue weighted by Gasteiger charge is -2.41. The summed E-state index contributed by atoms with van der Waals surface area (Å²) in [7, 11) is 0. The van der Waals surface area contributed by atoms with Crippen LogP contribution in [-0.2, 0) is 12.8 Å². The molecule has 1 unspecified atom stereocenters. The Morgan fingerprint density at radius 2 is 0.929 bits per heavy atom. The van der Waals surface area contributed by atoms with Gasteiger partial charge >= 0.3 is 0 Å². The lowest BCUT2D eigenvalue weighted by Crippen LogP contribution is -2.33. The summed E-state index contributed by atoms with van der Waals surface area (Å²) in [5, 5.41) is 5.07. The van der Waals surface area contributed by atoms with Crippen molar-refractivity contribution in [2.24, 2.45) is 0 Å². The zero-order valence-electron chi connectivity index (χ0n) is 31.4. The lowest BCUT2D eigenvalue weighted by molar-refractivity contribution is 0.699. The van der Waals surface area contributed by atoms with Gasteiger partial charge in [0, 0.05) is 28.4 Å². The van der Waals surface area contributed by atoms with Gasteiger partial charge in [-0.2, -0.15) is 0 Å². The molecule has 0 radical (unpaired) electrons. The molecule has 268 valence electrons. The molecule has 1 atom stereocenters. The second kappa shape index (κ2) is 13.6. The first kappa shape index (κ1) is 32.8. The van der Waals surface area contributed by atoms with Crippen molar-refractivity contribution in [1.29, 1.82) is 0 Å². The Morgan fingerprint density at radius 1 is 0.393 bits per heavy atom. The van der Waals surface area contributed by atoms with E-state index in [0.717, 1.165) is 49.2 Å². The molecule has 3 aliphatic rings. The fraction of sp³-hybridized carbons (Fsp3) is 0.111. The van der Waals surface area contributed by atoms with Crippen LogP contribution in [0.15, 0.2) is 199 Å². The average molecular weight is 719 g/mol. The minimum Gasteiger partial charge on any atom is -0.334 e. The summed E-state index contributed by atoms with van der Waals surface area (Å²) < 4.78 is 0. The van der Waals surface area contributed by atoms with E-state index in [4.69, 9.17) is 0 Å². The van der Waals surface area contributed by atoms with Crippen molar-refractivity contribution >= 4 is 55.6 Å². The van der Waals surface area contributed by atoms with Gasteiger partial charge < -0.3 is 9.80 Å². The summed E-state index contributed by atoms with van der Waals surface area (Å²) in [6.07, 6.45) is 8.04. The number of hydrogen-bond acceptors (Lipinski definition) is 2. The molecular weight excluding hydrogens is 677 g/mol. The van der Waals surface area contributed by atoms with Crippen molar-refractivity contribution in [3.8, 4) is 11.1 Å². The molecule has 0 heterocycles. The number of fused-ring (bicyclic) bond motifs is 2. The zero-order chi connectivity index (χ0) is 37.0. The molecule has 56 heavy (non-hydrogen) atoms. The molecule has 0 amide bonds. The minimum absolute atomic E-state index is 0.276. The maximum Gasteiger partial charge on any atom is 0.0565 e. The fourth-order valence-electron chi connectivity index (χ4n) is 9.69. The molecule has 0 aliphatic heterocycles. The fourth-order valence-corrected chi connectivity index (χ4v) is 9.69. The third-order valence-corrected chi connectivity index (χ3v) is 12.3. The van der Waals surface area contributed by atoms with Gasteiger partial charge in [0.2, 0.25) is 0 Å². The summed E-state index contributed by atoms with van der Waals surface area (Å²) >= 11 is 0. The predicted molar refractivity (Wildman–Crippen MR) is 237 cm³/mol. The van der Waals surface area contributed by atoms with Gasteiger partial charge in [-0.1, -0.05) is 133 Å². The smallest absolute Gasteiger partial charge is 0.0565 e. The third kappa shape index (κ3) is 5.72. The highest BCUT2D eigenvalue weighted by Gasteiger charge is 2.34. The van der Waals surface area contributed by atoms with E-state index in [1.54, 1.807) is 16.7 Å². The Labute approximate surface area is 329 Å². The number of allylic oxidation sites excluding steroid dienone is 2. The minimum atomic E-state index is 0.276. The highest BCUT2D eigenvalue weighted by molar-refractivity contribution is 5.93. The molecule has 8 aromatic carbocycles. The Balaban J connectivity index is 0.923. The third-order valence-electron chi connectivity index (χ3n) is 12.3. The molecule has 3 aliphatic carbocycles. The van der Waals surface area contributed by atoms with Crippen LogP contribution in [0.2, 0.25) is 0 Å². The van der Waals surface area contributed by atoms with Crippen molar-refractivity contribution in [1.82, 2.24) is 0 Å². The number of nitrogens with zero attached hydrogens (tertiary/aromatic N) is 2. The number of rotatable bonds is 7. The van der Waals surface area contributed by atoms with Crippen LogP contribution in [-0.4, -0.2) is 6.04 Å². The van der Waals surface area contributed by atoms with Gasteiger partial charge in [0.05, 0.1) is 6.04 Å². The average Bonchev–Trinajstić information content (AvgIpc) is 3.26. The summed E-state index contributed by atoms with van der Waals surface area (Å²) in [5.41, 5.74) is 17.9. The normalized spacial score (nSPS) is 15.7. The molecular formula is C54H42N2. The van der Waals surface area contributed by atoms with Crippen molar-refractivity contribution in [2.75, 3.05) is 9.80 Å². The number of para-hydroxylation sites is 2. The second-order valence-electron chi connectivity index (χ2n) is 15.6. The van der Waals surface area contributed by atoms with Crippen LogP contribution < -0.4 is 9.80 Å². The predicted octanol–water partition coefficient (Wildman–Crippen LogP) is 14.3. The van der Waals surface area contributed by atoms with E-state index in [0.29, 0.717) is 0 Å². The van der Waals surface area contributed by atoms with Gasteiger partial charge in [-0.05, 0) is 153 Å². The molecule has 2 heteroatoms. The van der Waals surface area contributed by atoms with Crippen molar-refractivity contribution < 1.29 is 0 Å². The van der Waals surface area contributed by atoms with Crippen LogP contribution in [0, 0.1) is 0 Å². The molecule has 0 saturated carbocycles. The molecule has 0 fully saturated rings. The SMILES string of the molecule is C1=C2CCc3cc(-c4ccc(N(c5ccccc5)c5ccc6ccccc6c5)cc4)cc4c3C2=C(CC4)CC1N(c1ccccc1)c1ccc2ccccc2c1. The Morgan fingerprint density at radius 3 is 1.61 bits per heavy atom. The van der Waals surface area contributed by atoms with Crippen LogP contribution in [0.1, 0.15) is 36.0 Å². The van der Waals surface area contributed by atoms with Crippen LogP contribution in [0.4, 0.5) is 28.4 Å². The van der Waals surface area contributed by atoms with Gasteiger partial charge in [-0.25, -0.2) is 0 Å². The van der Waals surface area contributed by atoms with E-state index in [-0.39, 0.29) is 6.04 Å². The Bertz CT molecular complexity index is 2830. The highest BCUT2D eigenvalue weighted by atomic mass is 15.2. The topological polar surface area (TPSA) is 6.48 Å². The molecule has 0 N–H and O–H groups in total. The first-order chi connectivity index (χ1) is 27.7. The van der Waals surface area contributed by atoms with E-state index in [2.05, 4.69) is 198 Å². The number of hydrogen-bond donors (Lipinski definition) is 0. The molecule has 2 nitrogen and oxygen atoms in total. The van der Waals surface area contributed by atoms with E-state index in [1.165, 1.54) is 60.7 Å². The number of aryl methyl sites for hydroxylation is 2. The Kier molecular flexibility index (Phi) is 7.95. The monoisotopic (exact) mass is 718 g/mol. The van der Waals surface area contributed by atoms with Crippen molar-refractivity contribution in [3.63, 3.8) is 0 Å². The summed E-state index contributed by atoms with van der Waals surface area (Å²) in [5.74, 6) is 0. The Hall–Kier alpha value is -6.64. The largest absolute Gasteiger partial charge is 0.334 e. The van der Waals surface area contributed by atoms with Crippen molar-refractivity contribution in [3.05, 3.63) is 216 Å². The molecule has 11 rings (SSSR count). The number of anilines is 5. The first-order valence-corrected chi connectivity index (χ1v) is 20.1.